The Kier molecular flexibility index (Phi) is 8.72. The third-order valence-corrected chi connectivity index (χ3v) is 5.85. The van der Waals surface area contributed by atoms with E-state index >= 15 is 0 Å². The van der Waals surface area contributed by atoms with Crippen molar-refractivity contribution in [1.82, 2.24) is 5.43 Å². The Morgan fingerprint density at radius 3 is 2.28 bits per heavy atom. The zero-order valence-corrected chi connectivity index (χ0v) is 21.3. The summed E-state index contributed by atoms with van der Waals surface area (Å²) >= 11 is 3.51. The van der Waals surface area contributed by atoms with Crippen molar-refractivity contribution in [3.05, 3.63) is 113 Å². The number of halogens is 1. The molecule has 0 aliphatic rings. The normalized spacial score (nSPS) is 10.7. The molecule has 1 amide bonds. The molecule has 36 heavy (non-hydrogen) atoms. The second-order valence-corrected chi connectivity index (χ2v) is 8.63. The second-order valence-electron chi connectivity index (χ2n) is 7.78. The molecule has 4 rings (SSSR count). The van der Waals surface area contributed by atoms with Gasteiger partial charge < -0.3 is 14.2 Å². The standard InChI is InChI=1S/C29H25BrN2O4/c1-34-28-16-22(12-14-27(28)35-19-21-8-4-2-5-9-21)18-31-32-29(33)20-36-26-15-13-24(17-25(26)30)23-10-6-3-7-11-23/h2-18H,19-20H2,1H3,(H,32,33)/b31-18+. The molecule has 0 saturated carbocycles. The van der Waals surface area contributed by atoms with Gasteiger partial charge in [-0.15, -0.1) is 0 Å². The average Bonchev–Trinajstić information content (AvgIpc) is 2.92. The van der Waals surface area contributed by atoms with Crippen LogP contribution < -0.4 is 19.6 Å². The molecule has 0 aliphatic carbocycles. The smallest absolute Gasteiger partial charge is 0.277 e. The van der Waals surface area contributed by atoms with Crippen LogP contribution in [0.4, 0.5) is 0 Å². The monoisotopic (exact) mass is 544 g/mol. The molecule has 1 N–H and O–H groups in total. The van der Waals surface area contributed by atoms with E-state index in [2.05, 4.69) is 26.5 Å². The highest BCUT2D eigenvalue weighted by Crippen LogP contribution is 2.31. The van der Waals surface area contributed by atoms with Gasteiger partial charge >= 0.3 is 0 Å². The summed E-state index contributed by atoms with van der Waals surface area (Å²) < 4.78 is 17.7. The summed E-state index contributed by atoms with van der Waals surface area (Å²) in [5.41, 5.74) is 6.44. The van der Waals surface area contributed by atoms with E-state index in [0.717, 1.165) is 26.7 Å². The number of carbonyl (C=O) groups is 1. The molecule has 0 fully saturated rings. The molecule has 0 saturated heterocycles. The van der Waals surface area contributed by atoms with Gasteiger partial charge in [-0.25, -0.2) is 5.43 Å². The fourth-order valence-corrected chi connectivity index (χ4v) is 3.89. The van der Waals surface area contributed by atoms with Crippen molar-refractivity contribution >= 4 is 28.1 Å². The SMILES string of the molecule is COc1cc(/C=N/NC(=O)COc2ccc(-c3ccccc3)cc2Br)ccc1OCc1ccccc1. The first-order valence-electron chi connectivity index (χ1n) is 11.3. The number of rotatable bonds is 10. The largest absolute Gasteiger partial charge is 0.493 e. The van der Waals surface area contributed by atoms with E-state index in [9.17, 15) is 4.79 Å². The Labute approximate surface area is 218 Å². The quantitative estimate of drug-likeness (QED) is 0.190. The third kappa shape index (κ3) is 6.96. The Morgan fingerprint density at radius 2 is 1.56 bits per heavy atom. The van der Waals surface area contributed by atoms with Crippen molar-refractivity contribution in [2.75, 3.05) is 13.7 Å². The maximum absolute atomic E-state index is 12.2. The number of nitrogens with zero attached hydrogens (tertiary/aromatic N) is 1. The molecule has 6 nitrogen and oxygen atoms in total. The van der Waals surface area contributed by atoms with Crippen LogP contribution in [0.15, 0.2) is 107 Å². The van der Waals surface area contributed by atoms with Gasteiger partial charge in [-0.2, -0.15) is 5.10 Å². The van der Waals surface area contributed by atoms with E-state index in [1.54, 1.807) is 13.2 Å². The minimum Gasteiger partial charge on any atom is -0.493 e. The van der Waals surface area contributed by atoms with Crippen molar-refractivity contribution < 1.29 is 19.0 Å². The van der Waals surface area contributed by atoms with Gasteiger partial charge in [-0.3, -0.25) is 4.79 Å². The lowest BCUT2D eigenvalue weighted by Gasteiger charge is -2.11. The summed E-state index contributed by atoms with van der Waals surface area (Å²) in [6.07, 6.45) is 1.53. The molecule has 4 aromatic carbocycles. The van der Waals surface area contributed by atoms with Crippen molar-refractivity contribution in [2.24, 2.45) is 5.10 Å². The first-order chi connectivity index (χ1) is 17.6. The van der Waals surface area contributed by atoms with Crippen LogP contribution in [-0.4, -0.2) is 25.8 Å². The highest BCUT2D eigenvalue weighted by atomic mass is 79.9. The van der Waals surface area contributed by atoms with Crippen LogP contribution in [0.2, 0.25) is 0 Å². The maximum atomic E-state index is 12.2. The zero-order valence-electron chi connectivity index (χ0n) is 19.7. The molecule has 0 aromatic heterocycles. The second kappa shape index (κ2) is 12.6. The number of hydrogen-bond donors (Lipinski definition) is 1. The van der Waals surface area contributed by atoms with Crippen molar-refractivity contribution in [3.63, 3.8) is 0 Å². The first-order valence-corrected chi connectivity index (χ1v) is 12.1. The number of benzene rings is 4. The molecule has 0 aliphatic heterocycles. The fraction of sp³-hybridized carbons (Fsp3) is 0.103. The molecule has 0 bridgehead atoms. The molecule has 0 unspecified atom stereocenters. The average molecular weight is 545 g/mol. The third-order valence-electron chi connectivity index (χ3n) is 5.23. The molecule has 0 spiro atoms. The number of hydrogen-bond acceptors (Lipinski definition) is 5. The Bertz CT molecular complexity index is 1330. The van der Waals surface area contributed by atoms with Crippen molar-refractivity contribution in [2.45, 2.75) is 6.61 Å². The molecule has 0 atom stereocenters. The minimum atomic E-state index is -0.375. The van der Waals surface area contributed by atoms with Crippen LogP contribution in [0.25, 0.3) is 11.1 Å². The number of methoxy groups -OCH3 is 1. The minimum absolute atomic E-state index is 0.170. The number of ether oxygens (including phenoxy) is 3. The van der Waals surface area contributed by atoms with Gasteiger partial charge in [0, 0.05) is 0 Å². The Balaban J connectivity index is 1.28. The highest BCUT2D eigenvalue weighted by molar-refractivity contribution is 9.10. The van der Waals surface area contributed by atoms with Gasteiger partial charge in [0.05, 0.1) is 17.8 Å². The fourth-order valence-electron chi connectivity index (χ4n) is 3.40. The van der Waals surface area contributed by atoms with Crippen LogP contribution in [0.5, 0.6) is 17.2 Å². The van der Waals surface area contributed by atoms with Crippen LogP contribution >= 0.6 is 15.9 Å². The number of nitrogens with one attached hydrogen (secondary N) is 1. The zero-order chi connectivity index (χ0) is 25.2. The Morgan fingerprint density at radius 1 is 0.833 bits per heavy atom. The predicted molar refractivity (Wildman–Crippen MR) is 145 cm³/mol. The van der Waals surface area contributed by atoms with Gasteiger partial charge in [0.1, 0.15) is 12.4 Å². The maximum Gasteiger partial charge on any atom is 0.277 e. The molecule has 0 heterocycles. The summed E-state index contributed by atoms with van der Waals surface area (Å²) in [4.78, 5) is 12.2. The van der Waals surface area contributed by atoms with Gasteiger partial charge in [-0.1, -0.05) is 66.7 Å². The van der Waals surface area contributed by atoms with E-state index in [0.29, 0.717) is 23.9 Å². The number of amides is 1. The summed E-state index contributed by atoms with van der Waals surface area (Å²) in [6.45, 7) is 0.266. The number of carbonyl (C=O) groups excluding carboxylic acids is 1. The summed E-state index contributed by atoms with van der Waals surface area (Å²) in [5, 5.41) is 4.02. The van der Waals surface area contributed by atoms with E-state index in [4.69, 9.17) is 14.2 Å². The first kappa shape index (κ1) is 25.0. The van der Waals surface area contributed by atoms with Crippen molar-refractivity contribution in [3.8, 4) is 28.4 Å². The number of hydrazone groups is 1. The van der Waals surface area contributed by atoms with Gasteiger partial charge in [0.25, 0.3) is 5.91 Å². The van der Waals surface area contributed by atoms with Crippen LogP contribution in [0.3, 0.4) is 0 Å². The molecule has 0 radical (unpaired) electrons. The topological polar surface area (TPSA) is 69.2 Å². The van der Waals surface area contributed by atoms with Crippen LogP contribution in [-0.2, 0) is 11.4 Å². The molecule has 7 heteroatoms. The summed E-state index contributed by atoms with van der Waals surface area (Å²) in [6, 6.07) is 31.1. The van der Waals surface area contributed by atoms with E-state index in [-0.39, 0.29) is 12.5 Å². The van der Waals surface area contributed by atoms with E-state index < -0.39 is 0 Å². The molecule has 182 valence electrons. The van der Waals surface area contributed by atoms with E-state index in [1.807, 2.05) is 91.0 Å². The van der Waals surface area contributed by atoms with Crippen LogP contribution in [0, 0.1) is 0 Å². The predicted octanol–water partition coefficient (Wildman–Crippen LogP) is 6.23. The highest BCUT2D eigenvalue weighted by Gasteiger charge is 2.08. The van der Waals surface area contributed by atoms with Gasteiger partial charge in [-0.05, 0) is 68.5 Å². The lowest BCUT2D eigenvalue weighted by atomic mass is 10.1. The van der Waals surface area contributed by atoms with Gasteiger partial charge in [0.2, 0.25) is 0 Å². The Hall–Kier alpha value is -4.10. The van der Waals surface area contributed by atoms with Gasteiger partial charge in [0.15, 0.2) is 18.1 Å². The van der Waals surface area contributed by atoms with Crippen molar-refractivity contribution in [1.29, 1.82) is 0 Å². The molecular formula is C29H25BrN2O4. The lowest BCUT2D eigenvalue weighted by Crippen LogP contribution is -2.24. The van der Waals surface area contributed by atoms with Crippen LogP contribution in [0.1, 0.15) is 11.1 Å². The summed E-state index contributed by atoms with van der Waals surface area (Å²) in [5.74, 6) is 1.40. The van der Waals surface area contributed by atoms with E-state index in [1.165, 1.54) is 6.21 Å². The molecule has 4 aromatic rings. The summed E-state index contributed by atoms with van der Waals surface area (Å²) in [7, 11) is 1.58. The lowest BCUT2D eigenvalue weighted by molar-refractivity contribution is -0.123. The molecular weight excluding hydrogens is 520 g/mol.